The lowest BCUT2D eigenvalue weighted by Crippen LogP contribution is -2.24. The second-order valence-electron chi connectivity index (χ2n) is 5.79. The first kappa shape index (κ1) is 14.1. The van der Waals surface area contributed by atoms with Crippen LogP contribution in [0.15, 0.2) is 0 Å². The summed E-state index contributed by atoms with van der Waals surface area (Å²) in [7, 11) is 1.92. The van der Waals surface area contributed by atoms with E-state index in [1.807, 2.05) is 7.05 Å². The average molecular weight is 262 g/mol. The van der Waals surface area contributed by atoms with Crippen LogP contribution in [-0.4, -0.2) is 23.1 Å². The van der Waals surface area contributed by atoms with Crippen molar-refractivity contribution in [3.8, 4) is 0 Å². The second-order valence-corrected chi connectivity index (χ2v) is 5.79. The molecule has 0 saturated heterocycles. The Hall–Kier alpha value is -1.32. The zero-order chi connectivity index (χ0) is 13.8. The average Bonchev–Trinajstić information content (AvgIpc) is 2.42. The van der Waals surface area contributed by atoms with Crippen LogP contribution in [0.4, 0.5) is 11.6 Å². The Morgan fingerprint density at radius 3 is 2.26 bits per heavy atom. The Labute approximate surface area is 116 Å². The fourth-order valence-corrected chi connectivity index (χ4v) is 2.62. The molecule has 0 spiro atoms. The van der Waals surface area contributed by atoms with E-state index in [0.29, 0.717) is 12.0 Å². The van der Waals surface area contributed by atoms with Crippen molar-refractivity contribution < 1.29 is 0 Å². The number of nitrogens with zero attached hydrogens (tertiary/aromatic N) is 2. The van der Waals surface area contributed by atoms with Gasteiger partial charge < -0.3 is 10.6 Å². The third-order valence-corrected chi connectivity index (χ3v) is 3.86. The van der Waals surface area contributed by atoms with Gasteiger partial charge in [0.1, 0.15) is 17.5 Å². The second kappa shape index (κ2) is 6.22. The van der Waals surface area contributed by atoms with Gasteiger partial charge in [0.05, 0.1) is 0 Å². The highest BCUT2D eigenvalue weighted by molar-refractivity contribution is 5.57. The van der Waals surface area contributed by atoms with Crippen LogP contribution >= 0.6 is 0 Å². The van der Waals surface area contributed by atoms with Crippen LogP contribution in [0.5, 0.6) is 0 Å². The van der Waals surface area contributed by atoms with Crippen molar-refractivity contribution in [3.05, 3.63) is 11.4 Å². The van der Waals surface area contributed by atoms with Crippen molar-refractivity contribution in [2.24, 2.45) is 0 Å². The Morgan fingerprint density at radius 2 is 1.68 bits per heavy atom. The van der Waals surface area contributed by atoms with Crippen molar-refractivity contribution >= 4 is 11.6 Å². The largest absolute Gasteiger partial charge is 0.373 e. The van der Waals surface area contributed by atoms with Crippen LogP contribution in [-0.2, 0) is 0 Å². The lowest BCUT2D eigenvalue weighted by molar-refractivity contribution is 0.461. The van der Waals surface area contributed by atoms with Crippen LogP contribution < -0.4 is 10.6 Å². The molecule has 4 nitrogen and oxygen atoms in total. The van der Waals surface area contributed by atoms with Gasteiger partial charge in [-0.15, -0.1) is 0 Å². The molecular formula is C15H26N4. The molecule has 2 rings (SSSR count). The van der Waals surface area contributed by atoms with Gasteiger partial charge in [-0.05, 0) is 19.8 Å². The summed E-state index contributed by atoms with van der Waals surface area (Å²) in [6, 6.07) is 0.576. The molecule has 106 valence electrons. The van der Waals surface area contributed by atoms with Crippen LogP contribution in [0.1, 0.15) is 63.3 Å². The summed E-state index contributed by atoms with van der Waals surface area (Å²) >= 11 is 0. The highest BCUT2D eigenvalue weighted by Crippen LogP contribution is 2.26. The van der Waals surface area contributed by atoms with Gasteiger partial charge >= 0.3 is 0 Å². The predicted octanol–water partition coefficient (Wildman–Crippen LogP) is 3.69. The summed E-state index contributed by atoms with van der Waals surface area (Å²) in [5, 5.41) is 6.81. The molecule has 19 heavy (non-hydrogen) atoms. The first-order valence-electron chi connectivity index (χ1n) is 7.44. The number of nitrogens with one attached hydrogen (secondary N) is 2. The van der Waals surface area contributed by atoms with E-state index in [4.69, 9.17) is 4.98 Å². The monoisotopic (exact) mass is 262 g/mol. The smallest absolute Gasteiger partial charge is 0.135 e. The molecule has 1 aromatic heterocycles. The normalized spacial score (nSPS) is 16.7. The molecule has 0 unspecified atom stereocenters. The first-order valence-corrected chi connectivity index (χ1v) is 7.44. The Morgan fingerprint density at radius 1 is 1.05 bits per heavy atom. The summed E-state index contributed by atoms with van der Waals surface area (Å²) in [6.07, 6.45) is 6.56. The van der Waals surface area contributed by atoms with Gasteiger partial charge in [0.2, 0.25) is 0 Å². The van der Waals surface area contributed by atoms with Gasteiger partial charge in [0.15, 0.2) is 0 Å². The van der Waals surface area contributed by atoms with Crippen molar-refractivity contribution in [3.63, 3.8) is 0 Å². The molecular weight excluding hydrogens is 236 g/mol. The topological polar surface area (TPSA) is 49.8 Å². The lowest BCUT2D eigenvalue weighted by Gasteiger charge is -2.25. The molecule has 1 heterocycles. The quantitative estimate of drug-likeness (QED) is 0.868. The fraction of sp³-hybridized carbons (Fsp3) is 0.733. The van der Waals surface area contributed by atoms with E-state index in [2.05, 4.69) is 36.4 Å². The molecule has 0 bridgehead atoms. The minimum atomic E-state index is 0.347. The van der Waals surface area contributed by atoms with Gasteiger partial charge in [-0.25, -0.2) is 9.97 Å². The summed E-state index contributed by atoms with van der Waals surface area (Å²) in [5.41, 5.74) is 1.12. The van der Waals surface area contributed by atoms with E-state index in [1.165, 1.54) is 32.1 Å². The highest BCUT2D eigenvalue weighted by atomic mass is 15.1. The minimum absolute atomic E-state index is 0.347. The maximum absolute atomic E-state index is 4.71. The fourth-order valence-electron chi connectivity index (χ4n) is 2.62. The third-order valence-electron chi connectivity index (χ3n) is 3.86. The van der Waals surface area contributed by atoms with Crippen molar-refractivity contribution in [1.29, 1.82) is 0 Å². The van der Waals surface area contributed by atoms with Gasteiger partial charge in [-0.1, -0.05) is 33.1 Å². The standard InChI is InChI=1S/C15H26N4/c1-10(2)13-18-14(16-4)11(3)15(19-13)17-12-8-6-5-7-9-12/h10,12H,5-9H2,1-4H3,(H2,16,17,18,19). The molecule has 1 aliphatic rings. The number of rotatable bonds is 4. The van der Waals surface area contributed by atoms with E-state index in [1.54, 1.807) is 0 Å². The molecule has 0 aliphatic heterocycles. The Kier molecular flexibility index (Phi) is 4.61. The summed E-state index contributed by atoms with van der Waals surface area (Å²) < 4.78 is 0. The molecule has 0 atom stereocenters. The molecule has 0 amide bonds. The van der Waals surface area contributed by atoms with Crippen molar-refractivity contribution in [1.82, 2.24) is 9.97 Å². The highest BCUT2D eigenvalue weighted by Gasteiger charge is 2.17. The minimum Gasteiger partial charge on any atom is -0.373 e. The van der Waals surface area contributed by atoms with E-state index < -0.39 is 0 Å². The molecule has 1 saturated carbocycles. The zero-order valence-electron chi connectivity index (χ0n) is 12.6. The van der Waals surface area contributed by atoms with Gasteiger partial charge in [-0.3, -0.25) is 0 Å². The van der Waals surface area contributed by atoms with Gasteiger partial charge in [0.25, 0.3) is 0 Å². The van der Waals surface area contributed by atoms with E-state index in [0.717, 1.165) is 23.0 Å². The van der Waals surface area contributed by atoms with Gasteiger partial charge in [0, 0.05) is 24.6 Å². The lowest BCUT2D eigenvalue weighted by atomic mass is 9.95. The van der Waals surface area contributed by atoms with E-state index >= 15 is 0 Å². The molecule has 0 aromatic carbocycles. The van der Waals surface area contributed by atoms with E-state index in [-0.39, 0.29) is 0 Å². The number of hydrogen-bond acceptors (Lipinski definition) is 4. The maximum atomic E-state index is 4.71. The Bertz CT molecular complexity index is 422. The predicted molar refractivity (Wildman–Crippen MR) is 80.9 cm³/mol. The van der Waals surface area contributed by atoms with Crippen LogP contribution in [0, 0.1) is 6.92 Å². The molecule has 0 radical (unpaired) electrons. The summed E-state index contributed by atoms with van der Waals surface area (Å²) in [5.74, 6) is 3.21. The van der Waals surface area contributed by atoms with Crippen LogP contribution in [0.3, 0.4) is 0 Å². The summed E-state index contributed by atoms with van der Waals surface area (Å²) in [6.45, 7) is 6.35. The van der Waals surface area contributed by atoms with E-state index in [9.17, 15) is 0 Å². The Balaban J connectivity index is 2.24. The zero-order valence-corrected chi connectivity index (χ0v) is 12.6. The number of aromatic nitrogens is 2. The number of hydrogen-bond donors (Lipinski definition) is 2. The van der Waals surface area contributed by atoms with Crippen LogP contribution in [0.2, 0.25) is 0 Å². The van der Waals surface area contributed by atoms with Crippen LogP contribution in [0.25, 0.3) is 0 Å². The molecule has 1 aromatic rings. The third kappa shape index (κ3) is 3.37. The SMILES string of the molecule is CNc1nc(C(C)C)nc(NC2CCCCC2)c1C. The van der Waals surface area contributed by atoms with Crippen molar-refractivity contribution in [2.45, 2.75) is 64.8 Å². The van der Waals surface area contributed by atoms with Gasteiger partial charge in [-0.2, -0.15) is 0 Å². The molecule has 4 heteroatoms. The first-order chi connectivity index (χ1) is 9.11. The van der Waals surface area contributed by atoms with Crippen molar-refractivity contribution in [2.75, 3.05) is 17.7 Å². The molecule has 2 N–H and O–H groups in total. The summed E-state index contributed by atoms with van der Waals surface area (Å²) in [4.78, 5) is 9.29. The maximum Gasteiger partial charge on any atom is 0.135 e. The molecule has 1 fully saturated rings. The number of anilines is 2. The molecule has 1 aliphatic carbocycles.